The van der Waals surface area contributed by atoms with Gasteiger partial charge in [0.2, 0.25) is 0 Å². The number of rotatable bonds is 5. The molecule has 0 radical (unpaired) electrons. The van der Waals surface area contributed by atoms with E-state index >= 15 is 0 Å². The predicted octanol–water partition coefficient (Wildman–Crippen LogP) is 4.03. The molecule has 25 heavy (non-hydrogen) atoms. The number of nitrogens with zero attached hydrogens (tertiary/aromatic N) is 2. The first-order chi connectivity index (χ1) is 12.0. The summed E-state index contributed by atoms with van der Waals surface area (Å²) in [6.07, 6.45) is -1.11. The van der Waals surface area contributed by atoms with Crippen LogP contribution in [0.1, 0.15) is 36.2 Å². The minimum absolute atomic E-state index is 0.0971. The van der Waals surface area contributed by atoms with Crippen molar-refractivity contribution in [3.05, 3.63) is 53.3 Å². The molecule has 2 N–H and O–H groups in total. The Kier molecular flexibility index (Phi) is 4.83. The second kappa shape index (κ2) is 7.04. The number of carbonyl (C=O) groups is 1. The van der Waals surface area contributed by atoms with Crippen molar-refractivity contribution in [2.75, 3.05) is 23.3 Å². The van der Waals surface area contributed by atoms with Gasteiger partial charge in [-0.2, -0.15) is 0 Å². The topological polar surface area (TPSA) is 57.3 Å². The zero-order valence-electron chi connectivity index (χ0n) is 14.1. The predicted molar refractivity (Wildman–Crippen MR) is 93.2 cm³/mol. The average Bonchev–Trinajstić information content (AvgIpc) is 3.02. The number of alkyl halides is 2. The number of halogens is 2. The summed E-state index contributed by atoms with van der Waals surface area (Å²) in [5, 5.41) is 6.12. The number of nitrogens with one attached hydrogen (secondary N) is 2. The molecular weight excluding hydrogens is 326 g/mol. The van der Waals surface area contributed by atoms with Crippen molar-refractivity contribution in [1.29, 1.82) is 0 Å². The summed E-state index contributed by atoms with van der Waals surface area (Å²) in [6, 6.07) is 8.60. The average molecular weight is 346 g/mol. The highest BCUT2D eigenvalue weighted by Crippen LogP contribution is 2.28. The molecule has 2 amide bonds. The van der Waals surface area contributed by atoms with Crippen LogP contribution in [0.15, 0.2) is 36.5 Å². The minimum Gasteiger partial charge on any atom is -0.378 e. The Labute approximate surface area is 145 Å². The van der Waals surface area contributed by atoms with Gasteiger partial charge in [-0.1, -0.05) is 12.1 Å². The highest BCUT2D eigenvalue weighted by atomic mass is 19.3. The first kappa shape index (κ1) is 17.1. The lowest BCUT2D eigenvalue weighted by Gasteiger charge is -2.21. The number of benzene rings is 1. The van der Waals surface area contributed by atoms with Crippen molar-refractivity contribution in [3.63, 3.8) is 0 Å². The van der Waals surface area contributed by atoms with Crippen LogP contribution in [-0.2, 0) is 0 Å². The van der Waals surface area contributed by atoms with Crippen LogP contribution in [0, 0.1) is 6.92 Å². The van der Waals surface area contributed by atoms with Crippen LogP contribution >= 0.6 is 0 Å². The molecule has 5 nitrogen and oxygen atoms in total. The van der Waals surface area contributed by atoms with E-state index < -0.39 is 6.43 Å². The van der Waals surface area contributed by atoms with E-state index in [0.29, 0.717) is 13.1 Å². The van der Waals surface area contributed by atoms with Crippen molar-refractivity contribution >= 4 is 17.4 Å². The maximum Gasteiger partial charge on any atom is 0.322 e. The molecule has 1 aromatic carbocycles. The number of urea groups is 1. The molecule has 7 heteroatoms. The lowest BCUT2D eigenvalue weighted by molar-refractivity contribution is 0.146. The summed E-state index contributed by atoms with van der Waals surface area (Å²) in [5.41, 5.74) is 3.31. The number of aromatic nitrogens is 1. The molecule has 1 aliphatic heterocycles. The van der Waals surface area contributed by atoms with Gasteiger partial charge in [-0.25, -0.2) is 13.6 Å². The molecule has 132 valence electrons. The first-order valence-electron chi connectivity index (χ1n) is 8.12. The molecule has 0 saturated carbocycles. The molecule has 1 unspecified atom stereocenters. The number of amides is 2. The Balaban J connectivity index is 1.77. The molecule has 0 aliphatic carbocycles. The summed E-state index contributed by atoms with van der Waals surface area (Å²) >= 11 is 0. The van der Waals surface area contributed by atoms with Gasteiger partial charge in [0.1, 0.15) is 5.69 Å². The fourth-order valence-electron chi connectivity index (χ4n) is 2.83. The number of pyridine rings is 1. The summed E-state index contributed by atoms with van der Waals surface area (Å²) in [7, 11) is 0. The van der Waals surface area contributed by atoms with Gasteiger partial charge in [-0.05, 0) is 43.2 Å². The molecule has 0 bridgehead atoms. The van der Waals surface area contributed by atoms with Crippen LogP contribution in [0.25, 0.3) is 0 Å². The van der Waals surface area contributed by atoms with E-state index in [9.17, 15) is 13.6 Å². The van der Waals surface area contributed by atoms with Gasteiger partial charge in [0.25, 0.3) is 6.43 Å². The summed E-state index contributed by atoms with van der Waals surface area (Å²) in [6.45, 7) is 5.16. The fourth-order valence-corrected chi connectivity index (χ4v) is 2.83. The number of hydrogen-bond acceptors (Lipinski definition) is 3. The quantitative estimate of drug-likeness (QED) is 0.859. The fraction of sp³-hybridized carbons (Fsp3) is 0.333. The highest BCUT2D eigenvalue weighted by molar-refractivity contribution is 5.95. The second-order valence-electron chi connectivity index (χ2n) is 6.07. The molecule has 1 aromatic heterocycles. The molecule has 3 rings (SSSR count). The maximum absolute atomic E-state index is 12.6. The van der Waals surface area contributed by atoms with Gasteiger partial charge in [0, 0.05) is 25.0 Å². The van der Waals surface area contributed by atoms with Crippen LogP contribution in [-0.4, -0.2) is 24.1 Å². The molecule has 1 saturated heterocycles. The smallest absolute Gasteiger partial charge is 0.322 e. The largest absolute Gasteiger partial charge is 0.378 e. The van der Waals surface area contributed by atoms with Crippen LogP contribution in [0.4, 0.5) is 25.0 Å². The van der Waals surface area contributed by atoms with Gasteiger partial charge in [0.05, 0.1) is 11.7 Å². The van der Waals surface area contributed by atoms with Gasteiger partial charge in [-0.3, -0.25) is 9.88 Å². The van der Waals surface area contributed by atoms with Crippen LogP contribution in [0.3, 0.4) is 0 Å². The Hall–Kier alpha value is -2.70. The summed E-state index contributed by atoms with van der Waals surface area (Å²) in [4.78, 5) is 17.4. The minimum atomic E-state index is -2.57. The SMILES string of the molecule is Cc1ccc(NC(C)c2ccc(C(F)F)nc2)cc1N1CCNC1=O. The van der Waals surface area contributed by atoms with Crippen molar-refractivity contribution < 1.29 is 13.6 Å². The van der Waals surface area contributed by atoms with E-state index in [0.717, 1.165) is 22.5 Å². The normalized spacial score (nSPS) is 15.4. The number of carbonyl (C=O) groups excluding carboxylic acids is 1. The molecule has 2 aromatic rings. The van der Waals surface area contributed by atoms with Gasteiger partial charge in [0.15, 0.2) is 0 Å². The third kappa shape index (κ3) is 3.70. The Morgan fingerprint density at radius 2 is 2.08 bits per heavy atom. The third-order valence-corrected chi connectivity index (χ3v) is 4.27. The third-order valence-electron chi connectivity index (χ3n) is 4.27. The summed E-state index contributed by atoms with van der Waals surface area (Å²) in [5.74, 6) is 0. The van der Waals surface area contributed by atoms with Gasteiger partial charge >= 0.3 is 6.03 Å². The zero-order valence-corrected chi connectivity index (χ0v) is 14.1. The first-order valence-corrected chi connectivity index (χ1v) is 8.12. The van der Waals surface area contributed by atoms with Gasteiger partial charge < -0.3 is 10.6 Å². The maximum atomic E-state index is 12.6. The van der Waals surface area contributed by atoms with Crippen molar-refractivity contribution in [2.24, 2.45) is 0 Å². The van der Waals surface area contributed by atoms with Crippen LogP contribution in [0.5, 0.6) is 0 Å². The monoisotopic (exact) mass is 346 g/mol. The van der Waals surface area contributed by atoms with E-state index in [1.807, 2.05) is 32.0 Å². The number of anilines is 2. The lowest BCUT2D eigenvalue weighted by atomic mass is 10.1. The molecule has 2 heterocycles. The standard InChI is InChI=1S/C18H20F2N4O/c1-11-3-5-14(9-16(11)24-8-7-21-18(24)25)23-12(2)13-4-6-15(17(19)20)22-10-13/h3-6,9-10,12,17,23H,7-8H2,1-2H3,(H,21,25). The number of hydrogen-bond donors (Lipinski definition) is 2. The van der Waals surface area contributed by atoms with E-state index in [2.05, 4.69) is 15.6 Å². The lowest BCUT2D eigenvalue weighted by Crippen LogP contribution is -2.28. The second-order valence-corrected chi connectivity index (χ2v) is 6.07. The van der Waals surface area contributed by atoms with Gasteiger partial charge in [-0.15, -0.1) is 0 Å². The van der Waals surface area contributed by atoms with Crippen molar-refractivity contribution in [2.45, 2.75) is 26.3 Å². The Morgan fingerprint density at radius 3 is 2.68 bits per heavy atom. The Bertz CT molecular complexity index is 764. The van der Waals surface area contributed by atoms with E-state index in [1.165, 1.54) is 12.3 Å². The molecule has 0 spiro atoms. The molecule has 1 aliphatic rings. The molecule has 1 fully saturated rings. The van der Waals surface area contributed by atoms with Crippen LogP contribution in [0.2, 0.25) is 0 Å². The Morgan fingerprint density at radius 1 is 1.28 bits per heavy atom. The summed E-state index contributed by atoms with van der Waals surface area (Å²) < 4.78 is 25.2. The van der Waals surface area contributed by atoms with Crippen molar-refractivity contribution in [1.82, 2.24) is 10.3 Å². The van der Waals surface area contributed by atoms with E-state index in [4.69, 9.17) is 0 Å². The highest BCUT2D eigenvalue weighted by Gasteiger charge is 2.23. The van der Waals surface area contributed by atoms with Crippen molar-refractivity contribution in [3.8, 4) is 0 Å². The zero-order chi connectivity index (χ0) is 18.0. The van der Waals surface area contributed by atoms with Crippen LogP contribution < -0.4 is 15.5 Å². The molecule has 1 atom stereocenters. The van der Waals surface area contributed by atoms with E-state index in [-0.39, 0.29) is 17.8 Å². The van der Waals surface area contributed by atoms with E-state index in [1.54, 1.807) is 11.0 Å². The molecular formula is C18H20F2N4O. The number of aryl methyl sites for hydroxylation is 1.